The third-order valence-electron chi connectivity index (χ3n) is 7.93. The molecule has 3 fully saturated rings. The van der Waals surface area contributed by atoms with Gasteiger partial charge in [-0.1, -0.05) is 24.3 Å². The van der Waals surface area contributed by atoms with E-state index >= 15 is 0 Å². The molecule has 0 bridgehead atoms. The quantitative estimate of drug-likeness (QED) is 0.546. The smallest absolute Gasteiger partial charge is 0.250 e. The molecule has 1 spiro atoms. The number of nitrogens with zero attached hydrogens (tertiary/aromatic N) is 3. The van der Waals surface area contributed by atoms with Crippen LogP contribution in [0.3, 0.4) is 0 Å². The molecule has 5 rings (SSSR count). The van der Waals surface area contributed by atoms with Crippen molar-refractivity contribution in [3.05, 3.63) is 54.1 Å². The van der Waals surface area contributed by atoms with Crippen molar-refractivity contribution < 1.29 is 23.9 Å². The Morgan fingerprint density at radius 1 is 1.00 bits per heavy atom. The zero-order valence-electron chi connectivity index (χ0n) is 22.2. The Labute approximate surface area is 223 Å². The maximum Gasteiger partial charge on any atom is 0.250 e. The van der Waals surface area contributed by atoms with Gasteiger partial charge >= 0.3 is 0 Å². The van der Waals surface area contributed by atoms with Crippen molar-refractivity contribution in [1.29, 1.82) is 0 Å². The molecule has 0 atom stereocenters. The maximum atomic E-state index is 13.8. The Morgan fingerprint density at radius 3 is 2.37 bits per heavy atom. The van der Waals surface area contributed by atoms with Gasteiger partial charge in [0.2, 0.25) is 11.8 Å². The average Bonchev–Trinajstić information content (AvgIpc) is 3.77. The van der Waals surface area contributed by atoms with Gasteiger partial charge in [-0.15, -0.1) is 0 Å². The van der Waals surface area contributed by atoms with Crippen LogP contribution < -0.4 is 19.7 Å². The number of methoxy groups -OCH3 is 2. The SMILES string of the molecule is COc1ccc(CCNC(=O)CN2CN(c3ccccc3)C3(CCN(C(=O)C4CC4)CC3)C2=O)cc1OC. The molecule has 0 aromatic heterocycles. The minimum Gasteiger partial charge on any atom is -0.493 e. The van der Waals surface area contributed by atoms with Gasteiger partial charge in [-0.05, 0) is 61.9 Å². The number of piperidine rings is 1. The molecule has 2 saturated heterocycles. The molecule has 202 valence electrons. The number of likely N-dealkylation sites (tertiary alicyclic amines) is 1. The summed E-state index contributed by atoms with van der Waals surface area (Å²) in [4.78, 5) is 45.0. The lowest BCUT2D eigenvalue weighted by molar-refractivity contribution is -0.140. The van der Waals surface area contributed by atoms with Crippen molar-refractivity contribution in [3.8, 4) is 11.5 Å². The molecule has 2 aliphatic heterocycles. The molecule has 1 aliphatic carbocycles. The van der Waals surface area contributed by atoms with Crippen molar-refractivity contribution in [2.45, 2.75) is 37.6 Å². The van der Waals surface area contributed by atoms with Crippen LogP contribution in [0.1, 0.15) is 31.2 Å². The zero-order valence-corrected chi connectivity index (χ0v) is 22.2. The summed E-state index contributed by atoms with van der Waals surface area (Å²) in [6.07, 6.45) is 3.72. The lowest BCUT2D eigenvalue weighted by Crippen LogP contribution is -2.57. The van der Waals surface area contributed by atoms with E-state index in [2.05, 4.69) is 10.2 Å². The minimum atomic E-state index is -0.735. The number of hydrogen-bond acceptors (Lipinski definition) is 6. The molecule has 1 saturated carbocycles. The van der Waals surface area contributed by atoms with Crippen molar-refractivity contribution in [1.82, 2.24) is 15.1 Å². The Morgan fingerprint density at radius 2 is 1.71 bits per heavy atom. The Balaban J connectivity index is 1.22. The summed E-state index contributed by atoms with van der Waals surface area (Å²) in [6.45, 7) is 1.93. The number of carbonyl (C=O) groups excluding carboxylic acids is 3. The Hall–Kier alpha value is -3.75. The standard InChI is InChI=1S/C29H36N4O5/c1-37-24-11-8-21(18-25(24)38-2)12-15-30-26(34)19-32-20-33(23-6-4-3-5-7-23)29(28(32)36)13-16-31(17-14-29)27(35)22-9-10-22/h3-8,11,18,22H,9-10,12-17,19-20H2,1-2H3,(H,30,34). The van der Waals surface area contributed by atoms with Crippen LogP contribution in [-0.2, 0) is 20.8 Å². The van der Waals surface area contributed by atoms with Crippen molar-refractivity contribution in [3.63, 3.8) is 0 Å². The third-order valence-corrected chi connectivity index (χ3v) is 7.93. The first-order chi connectivity index (χ1) is 18.4. The van der Waals surface area contributed by atoms with Crippen molar-refractivity contribution >= 4 is 23.4 Å². The van der Waals surface area contributed by atoms with Crippen molar-refractivity contribution in [2.75, 3.05) is 52.0 Å². The number of ether oxygens (including phenoxy) is 2. The maximum absolute atomic E-state index is 13.8. The first kappa shape index (κ1) is 25.9. The second kappa shape index (κ2) is 10.9. The van der Waals surface area contributed by atoms with E-state index in [4.69, 9.17) is 9.47 Å². The Bertz CT molecular complexity index is 1170. The highest BCUT2D eigenvalue weighted by Crippen LogP contribution is 2.41. The number of nitrogens with one attached hydrogen (secondary N) is 1. The van der Waals surface area contributed by atoms with Gasteiger partial charge in [0.25, 0.3) is 5.91 Å². The number of anilines is 1. The van der Waals surface area contributed by atoms with Crippen LogP contribution >= 0.6 is 0 Å². The summed E-state index contributed by atoms with van der Waals surface area (Å²) in [7, 11) is 3.19. The summed E-state index contributed by atoms with van der Waals surface area (Å²) in [5.74, 6) is 1.48. The summed E-state index contributed by atoms with van der Waals surface area (Å²) in [6, 6.07) is 15.6. The number of rotatable bonds is 9. The van der Waals surface area contributed by atoms with Gasteiger partial charge in [0, 0.05) is 31.2 Å². The topological polar surface area (TPSA) is 91.4 Å². The molecule has 9 nitrogen and oxygen atoms in total. The lowest BCUT2D eigenvalue weighted by atomic mass is 9.85. The highest BCUT2D eigenvalue weighted by atomic mass is 16.5. The predicted octanol–water partition coefficient (Wildman–Crippen LogP) is 2.44. The molecule has 9 heteroatoms. The lowest BCUT2D eigenvalue weighted by Gasteiger charge is -2.43. The van der Waals surface area contributed by atoms with E-state index in [1.807, 2.05) is 53.4 Å². The summed E-state index contributed by atoms with van der Waals surface area (Å²) >= 11 is 0. The van der Waals surface area contributed by atoms with Gasteiger partial charge in [-0.25, -0.2) is 0 Å². The molecule has 2 aromatic carbocycles. The highest BCUT2D eigenvalue weighted by Gasteiger charge is 2.54. The molecule has 2 aromatic rings. The molecule has 38 heavy (non-hydrogen) atoms. The molecule has 0 radical (unpaired) electrons. The third kappa shape index (κ3) is 5.14. The fourth-order valence-corrected chi connectivity index (χ4v) is 5.62. The molecule has 3 aliphatic rings. The fourth-order valence-electron chi connectivity index (χ4n) is 5.62. The Kier molecular flexibility index (Phi) is 7.44. The van der Waals surface area contributed by atoms with Crippen LogP contribution in [0.5, 0.6) is 11.5 Å². The van der Waals surface area contributed by atoms with E-state index < -0.39 is 5.54 Å². The van der Waals surface area contributed by atoms with Gasteiger partial charge in [-0.3, -0.25) is 14.4 Å². The van der Waals surface area contributed by atoms with E-state index in [0.29, 0.717) is 57.1 Å². The molecule has 3 amide bonds. The van der Waals surface area contributed by atoms with E-state index in [1.54, 1.807) is 19.1 Å². The van der Waals surface area contributed by atoms with Gasteiger partial charge < -0.3 is 29.5 Å². The normalized spacial score (nSPS) is 18.6. The van der Waals surface area contributed by atoms with Crippen LogP contribution in [-0.4, -0.2) is 80.1 Å². The van der Waals surface area contributed by atoms with E-state index in [9.17, 15) is 14.4 Å². The molecular weight excluding hydrogens is 484 g/mol. The van der Waals surface area contributed by atoms with Crippen LogP contribution in [0.2, 0.25) is 0 Å². The van der Waals surface area contributed by atoms with Gasteiger partial charge in [0.15, 0.2) is 11.5 Å². The highest BCUT2D eigenvalue weighted by molar-refractivity contribution is 5.96. The predicted molar refractivity (Wildman–Crippen MR) is 143 cm³/mol. The summed E-state index contributed by atoms with van der Waals surface area (Å²) in [5, 5.41) is 2.96. The van der Waals surface area contributed by atoms with Crippen LogP contribution in [0, 0.1) is 5.92 Å². The molecule has 0 unspecified atom stereocenters. The molecule has 2 heterocycles. The van der Waals surface area contributed by atoms with Crippen LogP contribution in [0.4, 0.5) is 5.69 Å². The zero-order chi connectivity index (χ0) is 26.7. The summed E-state index contributed by atoms with van der Waals surface area (Å²) < 4.78 is 10.6. The minimum absolute atomic E-state index is 0.000565. The number of hydrogen-bond donors (Lipinski definition) is 1. The fraction of sp³-hybridized carbons (Fsp3) is 0.483. The first-order valence-electron chi connectivity index (χ1n) is 13.3. The van der Waals surface area contributed by atoms with E-state index in [0.717, 1.165) is 24.1 Å². The summed E-state index contributed by atoms with van der Waals surface area (Å²) in [5.41, 5.74) is 1.24. The number of amides is 3. The number of benzene rings is 2. The van der Waals surface area contributed by atoms with Crippen LogP contribution in [0.25, 0.3) is 0 Å². The number of para-hydroxylation sites is 1. The van der Waals surface area contributed by atoms with Crippen LogP contribution in [0.15, 0.2) is 48.5 Å². The second-order valence-corrected chi connectivity index (χ2v) is 10.3. The number of carbonyl (C=O) groups is 3. The van der Waals surface area contributed by atoms with Gasteiger partial charge in [0.1, 0.15) is 12.1 Å². The average molecular weight is 521 g/mol. The van der Waals surface area contributed by atoms with Gasteiger partial charge in [0.05, 0.1) is 20.9 Å². The molecule has 1 N–H and O–H groups in total. The van der Waals surface area contributed by atoms with E-state index in [-0.39, 0.29) is 30.2 Å². The largest absolute Gasteiger partial charge is 0.493 e. The monoisotopic (exact) mass is 520 g/mol. The second-order valence-electron chi connectivity index (χ2n) is 10.3. The first-order valence-corrected chi connectivity index (χ1v) is 13.3. The van der Waals surface area contributed by atoms with Gasteiger partial charge in [-0.2, -0.15) is 0 Å². The molecular formula is C29H36N4O5. The van der Waals surface area contributed by atoms with Crippen molar-refractivity contribution in [2.24, 2.45) is 5.92 Å². The van der Waals surface area contributed by atoms with E-state index in [1.165, 1.54) is 0 Å².